The van der Waals surface area contributed by atoms with E-state index in [1.54, 1.807) is 0 Å². The van der Waals surface area contributed by atoms with Gasteiger partial charge in [0.05, 0.1) is 0 Å². The summed E-state index contributed by atoms with van der Waals surface area (Å²) < 4.78 is 5.96. The SMILES string of the molecule is Cc1ccc(C)c(OCCN2CCC(C)CC2CN)c1. The van der Waals surface area contributed by atoms with Crippen LogP contribution in [0.15, 0.2) is 18.2 Å². The van der Waals surface area contributed by atoms with E-state index in [0.717, 1.165) is 37.9 Å². The van der Waals surface area contributed by atoms with Gasteiger partial charge in [-0.05, 0) is 56.3 Å². The molecule has 0 saturated carbocycles. The molecule has 2 atom stereocenters. The molecule has 1 saturated heterocycles. The van der Waals surface area contributed by atoms with Gasteiger partial charge in [-0.3, -0.25) is 4.90 Å². The summed E-state index contributed by atoms with van der Waals surface area (Å²) in [7, 11) is 0. The highest BCUT2D eigenvalue weighted by atomic mass is 16.5. The monoisotopic (exact) mass is 276 g/mol. The van der Waals surface area contributed by atoms with E-state index in [2.05, 4.69) is 43.9 Å². The minimum atomic E-state index is 0.529. The first-order chi connectivity index (χ1) is 9.60. The number of benzene rings is 1. The molecule has 1 aromatic carbocycles. The molecule has 1 aliphatic heterocycles. The van der Waals surface area contributed by atoms with Crippen LogP contribution >= 0.6 is 0 Å². The highest BCUT2D eigenvalue weighted by Gasteiger charge is 2.24. The van der Waals surface area contributed by atoms with E-state index in [9.17, 15) is 0 Å². The molecular formula is C17H28N2O. The Bertz CT molecular complexity index is 433. The van der Waals surface area contributed by atoms with Gasteiger partial charge in [0, 0.05) is 19.1 Å². The third-order valence-corrected chi connectivity index (χ3v) is 4.35. The molecule has 0 aromatic heterocycles. The summed E-state index contributed by atoms with van der Waals surface area (Å²) in [5.41, 5.74) is 8.35. The molecular weight excluding hydrogens is 248 g/mol. The maximum Gasteiger partial charge on any atom is 0.122 e. The van der Waals surface area contributed by atoms with Gasteiger partial charge in [-0.1, -0.05) is 19.1 Å². The summed E-state index contributed by atoms with van der Waals surface area (Å²) in [4.78, 5) is 2.49. The fourth-order valence-corrected chi connectivity index (χ4v) is 2.98. The van der Waals surface area contributed by atoms with E-state index < -0.39 is 0 Å². The molecule has 0 radical (unpaired) electrons. The lowest BCUT2D eigenvalue weighted by Crippen LogP contribution is -2.47. The smallest absolute Gasteiger partial charge is 0.122 e. The summed E-state index contributed by atoms with van der Waals surface area (Å²) >= 11 is 0. The Morgan fingerprint density at radius 2 is 2.15 bits per heavy atom. The number of hydrogen-bond donors (Lipinski definition) is 1. The number of nitrogens with two attached hydrogens (primary N) is 1. The van der Waals surface area contributed by atoms with Gasteiger partial charge in [-0.15, -0.1) is 0 Å². The molecule has 1 fully saturated rings. The van der Waals surface area contributed by atoms with E-state index in [1.165, 1.54) is 24.0 Å². The second kappa shape index (κ2) is 7.09. The van der Waals surface area contributed by atoms with Crippen molar-refractivity contribution in [2.24, 2.45) is 11.7 Å². The average molecular weight is 276 g/mol. The summed E-state index contributed by atoms with van der Waals surface area (Å²) in [6.45, 7) is 10.2. The number of nitrogens with zero attached hydrogens (tertiary/aromatic N) is 1. The average Bonchev–Trinajstić information content (AvgIpc) is 2.44. The van der Waals surface area contributed by atoms with Crippen LogP contribution in [0.1, 0.15) is 30.9 Å². The van der Waals surface area contributed by atoms with Crippen molar-refractivity contribution in [3.05, 3.63) is 29.3 Å². The Balaban J connectivity index is 1.84. The zero-order chi connectivity index (χ0) is 14.5. The van der Waals surface area contributed by atoms with E-state index in [4.69, 9.17) is 10.5 Å². The van der Waals surface area contributed by atoms with Crippen LogP contribution in [0.3, 0.4) is 0 Å². The van der Waals surface area contributed by atoms with Gasteiger partial charge in [0.25, 0.3) is 0 Å². The Hall–Kier alpha value is -1.06. The van der Waals surface area contributed by atoms with Crippen molar-refractivity contribution in [2.75, 3.05) is 26.2 Å². The molecule has 2 N–H and O–H groups in total. The molecule has 112 valence electrons. The van der Waals surface area contributed by atoms with E-state index in [1.807, 2.05) is 0 Å². The van der Waals surface area contributed by atoms with Gasteiger partial charge in [0.2, 0.25) is 0 Å². The quantitative estimate of drug-likeness (QED) is 0.898. The maximum atomic E-state index is 5.96. The Morgan fingerprint density at radius 1 is 1.35 bits per heavy atom. The molecule has 1 aliphatic rings. The number of hydrogen-bond acceptors (Lipinski definition) is 3. The lowest BCUT2D eigenvalue weighted by Gasteiger charge is -2.37. The van der Waals surface area contributed by atoms with Gasteiger partial charge in [0.15, 0.2) is 0 Å². The van der Waals surface area contributed by atoms with Crippen molar-refractivity contribution in [3.8, 4) is 5.75 Å². The topological polar surface area (TPSA) is 38.5 Å². The maximum absolute atomic E-state index is 5.96. The largest absolute Gasteiger partial charge is 0.492 e. The lowest BCUT2D eigenvalue weighted by molar-refractivity contribution is 0.103. The van der Waals surface area contributed by atoms with Crippen LogP contribution < -0.4 is 10.5 Å². The molecule has 1 aromatic rings. The van der Waals surface area contributed by atoms with E-state index >= 15 is 0 Å². The summed E-state index contributed by atoms with van der Waals surface area (Å²) in [5, 5.41) is 0. The summed E-state index contributed by atoms with van der Waals surface area (Å²) in [6.07, 6.45) is 2.50. The normalized spacial score (nSPS) is 23.8. The Kier molecular flexibility index (Phi) is 5.44. The van der Waals surface area contributed by atoms with Crippen LogP contribution in [-0.2, 0) is 0 Å². The van der Waals surface area contributed by atoms with Crippen LogP contribution in [0.4, 0.5) is 0 Å². The van der Waals surface area contributed by atoms with Gasteiger partial charge >= 0.3 is 0 Å². The molecule has 0 aliphatic carbocycles. The van der Waals surface area contributed by atoms with Crippen molar-refractivity contribution in [2.45, 2.75) is 39.7 Å². The number of piperidine rings is 1. The highest BCUT2D eigenvalue weighted by Crippen LogP contribution is 2.22. The van der Waals surface area contributed by atoms with Crippen LogP contribution in [-0.4, -0.2) is 37.2 Å². The predicted octanol–water partition coefficient (Wildman–Crippen LogP) is 2.74. The molecule has 0 bridgehead atoms. The van der Waals surface area contributed by atoms with Crippen molar-refractivity contribution in [1.29, 1.82) is 0 Å². The van der Waals surface area contributed by atoms with E-state index in [0.29, 0.717) is 6.04 Å². The number of likely N-dealkylation sites (tertiary alicyclic amines) is 1. The van der Waals surface area contributed by atoms with E-state index in [-0.39, 0.29) is 0 Å². The third kappa shape index (κ3) is 3.97. The second-order valence-corrected chi connectivity index (χ2v) is 6.17. The fraction of sp³-hybridized carbons (Fsp3) is 0.647. The van der Waals surface area contributed by atoms with Crippen molar-refractivity contribution >= 4 is 0 Å². The second-order valence-electron chi connectivity index (χ2n) is 6.17. The van der Waals surface area contributed by atoms with Crippen LogP contribution in [0, 0.1) is 19.8 Å². The third-order valence-electron chi connectivity index (χ3n) is 4.35. The Labute approximate surface area is 123 Å². The number of ether oxygens (including phenoxy) is 1. The first-order valence-corrected chi connectivity index (χ1v) is 7.74. The molecule has 1 heterocycles. The molecule has 2 unspecified atom stereocenters. The van der Waals surface area contributed by atoms with Crippen molar-refractivity contribution < 1.29 is 4.74 Å². The van der Waals surface area contributed by atoms with Gasteiger partial charge < -0.3 is 10.5 Å². The standard InChI is InChI=1S/C17H28N2O/c1-13-4-5-15(3)17(11-13)20-9-8-19-7-6-14(2)10-16(19)12-18/h4-5,11,14,16H,6-10,12,18H2,1-3H3. The minimum Gasteiger partial charge on any atom is -0.492 e. The van der Waals surface area contributed by atoms with Crippen molar-refractivity contribution in [1.82, 2.24) is 4.90 Å². The summed E-state index contributed by atoms with van der Waals surface area (Å²) in [5.74, 6) is 1.82. The fourth-order valence-electron chi connectivity index (χ4n) is 2.98. The molecule has 0 spiro atoms. The van der Waals surface area contributed by atoms with Gasteiger partial charge in [0.1, 0.15) is 12.4 Å². The minimum absolute atomic E-state index is 0.529. The molecule has 2 rings (SSSR count). The van der Waals surface area contributed by atoms with Crippen LogP contribution in [0.2, 0.25) is 0 Å². The molecule has 20 heavy (non-hydrogen) atoms. The highest BCUT2D eigenvalue weighted by molar-refractivity contribution is 5.35. The van der Waals surface area contributed by atoms with Crippen molar-refractivity contribution in [3.63, 3.8) is 0 Å². The zero-order valence-electron chi connectivity index (χ0n) is 13.1. The molecule has 0 amide bonds. The number of rotatable bonds is 5. The molecule has 3 heteroatoms. The van der Waals surface area contributed by atoms with Crippen LogP contribution in [0.25, 0.3) is 0 Å². The molecule has 3 nitrogen and oxygen atoms in total. The Morgan fingerprint density at radius 3 is 2.90 bits per heavy atom. The first kappa shape index (κ1) is 15.3. The number of aryl methyl sites for hydroxylation is 2. The first-order valence-electron chi connectivity index (χ1n) is 7.74. The van der Waals surface area contributed by atoms with Gasteiger partial charge in [-0.25, -0.2) is 0 Å². The van der Waals surface area contributed by atoms with Gasteiger partial charge in [-0.2, -0.15) is 0 Å². The summed E-state index contributed by atoms with van der Waals surface area (Å²) in [6, 6.07) is 6.89. The predicted molar refractivity (Wildman–Crippen MR) is 84.2 cm³/mol. The zero-order valence-corrected chi connectivity index (χ0v) is 13.1. The lowest BCUT2D eigenvalue weighted by atomic mass is 9.92. The van der Waals surface area contributed by atoms with Crippen LogP contribution in [0.5, 0.6) is 5.75 Å².